The van der Waals surface area contributed by atoms with E-state index in [2.05, 4.69) is 10.5 Å². The number of benzene rings is 3. The zero-order valence-electron chi connectivity index (χ0n) is 18.9. The molecule has 0 saturated heterocycles. The standard InChI is InChI=1S/C26H26N2O6/c1-3-33-24(29)18-34-22-15-14-19(16-23(22)32-2)17-27-28-25(30)26(31,20-10-6-4-7-11-20)21-12-8-5-9-13-21/h4-17,31H,3,18H2,1-2H3,(H,28,30)/b27-17-. The number of carbonyl (C=O) groups is 2. The second-order valence-corrected chi connectivity index (χ2v) is 7.15. The first-order chi connectivity index (χ1) is 16.5. The van der Waals surface area contributed by atoms with Crippen molar-refractivity contribution in [2.75, 3.05) is 20.3 Å². The summed E-state index contributed by atoms with van der Waals surface area (Å²) in [6, 6.07) is 22.2. The number of methoxy groups -OCH3 is 1. The molecule has 0 fully saturated rings. The first-order valence-electron chi connectivity index (χ1n) is 10.6. The van der Waals surface area contributed by atoms with Crippen LogP contribution in [0.25, 0.3) is 0 Å². The molecule has 0 aliphatic rings. The van der Waals surface area contributed by atoms with E-state index >= 15 is 0 Å². The molecule has 0 heterocycles. The summed E-state index contributed by atoms with van der Waals surface area (Å²) in [7, 11) is 1.47. The maximum Gasteiger partial charge on any atom is 0.344 e. The number of ether oxygens (including phenoxy) is 3. The van der Waals surface area contributed by atoms with Crippen LogP contribution >= 0.6 is 0 Å². The van der Waals surface area contributed by atoms with Crippen LogP contribution in [0.15, 0.2) is 84.0 Å². The highest BCUT2D eigenvalue weighted by atomic mass is 16.6. The Morgan fingerprint density at radius 3 is 2.15 bits per heavy atom. The van der Waals surface area contributed by atoms with Crippen molar-refractivity contribution >= 4 is 18.1 Å². The van der Waals surface area contributed by atoms with Crippen LogP contribution in [0, 0.1) is 0 Å². The van der Waals surface area contributed by atoms with Gasteiger partial charge in [0.1, 0.15) is 0 Å². The number of amides is 1. The van der Waals surface area contributed by atoms with E-state index in [1.165, 1.54) is 13.3 Å². The summed E-state index contributed by atoms with van der Waals surface area (Å²) in [5.41, 5.74) is 1.93. The van der Waals surface area contributed by atoms with Gasteiger partial charge in [-0.25, -0.2) is 10.2 Å². The van der Waals surface area contributed by atoms with Gasteiger partial charge in [-0.3, -0.25) is 4.79 Å². The Balaban J connectivity index is 1.75. The van der Waals surface area contributed by atoms with Crippen LogP contribution in [0.4, 0.5) is 0 Å². The third kappa shape index (κ3) is 5.79. The zero-order chi connectivity index (χ0) is 24.4. The van der Waals surface area contributed by atoms with E-state index < -0.39 is 17.5 Å². The van der Waals surface area contributed by atoms with Gasteiger partial charge in [-0.2, -0.15) is 5.10 Å². The average molecular weight is 463 g/mol. The molecule has 3 aromatic carbocycles. The van der Waals surface area contributed by atoms with Crippen molar-refractivity contribution in [3.63, 3.8) is 0 Å². The molecular formula is C26H26N2O6. The Bertz CT molecular complexity index is 1090. The van der Waals surface area contributed by atoms with Crippen molar-refractivity contribution < 1.29 is 28.9 Å². The quantitative estimate of drug-likeness (QED) is 0.273. The second-order valence-electron chi connectivity index (χ2n) is 7.15. The first kappa shape index (κ1) is 24.5. The van der Waals surface area contributed by atoms with Crippen LogP contribution < -0.4 is 14.9 Å². The summed E-state index contributed by atoms with van der Waals surface area (Å²) in [4.78, 5) is 24.6. The van der Waals surface area contributed by atoms with Crippen molar-refractivity contribution in [2.24, 2.45) is 5.10 Å². The molecular weight excluding hydrogens is 436 g/mol. The minimum Gasteiger partial charge on any atom is -0.493 e. The number of hydrogen-bond acceptors (Lipinski definition) is 7. The van der Waals surface area contributed by atoms with Gasteiger partial charge in [-0.15, -0.1) is 0 Å². The maximum absolute atomic E-state index is 13.1. The number of carbonyl (C=O) groups excluding carboxylic acids is 2. The zero-order valence-corrected chi connectivity index (χ0v) is 18.9. The molecule has 0 aliphatic carbocycles. The highest BCUT2D eigenvalue weighted by molar-refractivity contribution is 5.91. The molecule has 0 radical (unpaired) electrons. The molecule has 3 rings (SSSR count). The van der Waals surface area contributed by atoms with Crippen LogP contribution in [0.3, 0.4) is 0 Å². The summed E-state index contributed by atoms with van der Waals surface area (Å²) in [5.74, 6) is -0.450. The topological polar surface area (TPSA) is 106 Å². The molecule has 0 unspecified atom stereocenters. The molecule has 1 amide bonds. The number of rotatable bonds is 10. The van der Waals surface area contributed by atoms with Gasteiger partial charge in [0.05, 0.1) is 19.9 Å². The Labute approximate surface area is 197 Å². The lowest BCUT2D eigenvalue weighted by molar-refractivity contribution is -0.145. The molecule has 0 aliphatic heterocycles. The normalized spacial score (nSPS) is 11.1. The van der Waals surface area contributed by atoms with E-state index in [0.29, 0.717) is 28.2 Å². The molecule has 0 spiro atoms. The van der Waals surface area contributed by atoms with Gasteiger partial charge in [0.2, 0.25) is 0 Å². The van der Waals surface area contributed by atoms with Gasteiger partial charge in [0, 0.05) is 0 Å². The summed E-state index contributed by atoms with van der Waals surface area (Å²) in [5, 5.41) is 15.4. The number of hydrogen-bond donors (Lipinski definition) is 2. The molecule has 34 heavy (non-hydrogen) atoms. The summed E-state index contributed by atoms with van der Waals surface area (Å²) >= 11 is 0. The summed E-state index contributed by atoms with van der Waals surface area (Å²) < 4.78 is 15.6. The molecule has 176 valence electrons. The number of nitrogens with zero attached hydrogens (tertiary/aromatic N) is 1. The van der Waals surface area contributed by atoms with Gasteiger partial charge in [0.25, 0.3) is 5.91 Å². The van der Waals surface area contributed by atoms with E-state index in [9.17, 15) is 14.7 Å². The van der Waals surface area contributed by atoms with Crippen LogP contribution in [-0.2, 0) is 19.9 Å². The van der Waals surface area contributed by atoms with Crippen LogP contribution in [0.2, 0.25) is 0 Å². The molecule has 3 aromatic rings. The third-order valence-electron chi connectivity index (χ3n) is 4.93. The fraction of sp³-hybridized carbons (Fsp3) is 0.192. The molecule has 0 atom stereocenters. The molecule has 8 heteroatoms. The number of nitrogens with one attached hydrogen (secondary N) is 1. The van der Waals surface area contributed by atoms with Gasteiger partial charge < -0.3 is 19.3 Å². The second kappa shape index (κ2) is 11.6. The predicted molar refractivity (Wildman–Crippen MR) is 127 cm³/mol. The minimum atomic E-state index is -1.93. The van der Waals surface area contributed by atoms with Crippen molar-refractivity contribution in [1.29, 1.82) is 0 Å². The maximum atomic E-state index is 13.1. The van der Waals surface area contributed by atoms with Crippen LogP contribution in [0.1, 0.15) is 23.6 Å². The highest BCUT2D eigenvalue weighted by Crippen LogP contribution is 2.30. The lowest BCUT2D eigenvalue weighted by Gasteiger charge is -2.27. The number of hydrazone groups is 1. The Morgan fingerprint density at radius 1 is 0.971 bits per heavy atom. The van der Waals surface area contributed by atoms with Gasteiger partial charge >= 0.3 is 5.97 Å². The fourth-order valence-corrected chi connectivity index (χ4v) is 3.26. The van der Waals surface area contributed by atoms with E-state index in [0.717, 1.165) is 0 Å². The van der Waals surface area contributed by atoms with Crippen LogP contribution in [0.5, 0.6) is 11.5 Å². The van der Waals surface area contributed by atoms with E-state index in [1.54, 1.807) is 85.8 Å². The molecule has 8 nitrogen and oxygen atoms in total. The molecule has 0 bridgehead atoms. The van der Waals surface area contributed by atoms with Crippen molar-refractivity contribution in [2.45, 2.75) is 12.5 Å². The predicted octanol–water partition coefficient (Wildman–Crippen LogP) is 3.02. The Morgan fingerprint density at radius 2 is 1.59 bits per heavy atom. The van der Waals surface area contributed by atoms with E-state index in [1.807, 2.05) is 0 Å². The number of esters is 1. The number of aliphatic hydroxyl groups is 1. The van der Waals surface area contributed by atoms with Crippen molar-refractivity contribution in [3.8, 4) is 11.5 Å². The minimum absolute atomic E-state index is 0.245. The third-order valence-corrected chi connectivity index (χ3v) is 4.93. The summed E-state index contributed by atoms with van der Waals surface area (Å²) in [6.45, 7) is 1.74. The smallest absolute Gasteiger partial charge is 0.344 e. The SMILES string of the molecule is CCOC(=O)COc1ccc(/C=N\NC(=O)C(O)(c2ccccc2)c2ccccc2)cc1OC. The first-order valence-corrected chi connectivity index (χ1v) is 10.6. The fourth-order valence-electron chi connectivity index (χ4n) is 3.26. The molecule has 0 aromatic heterocycles. The van der Waals surface area contributed by atoms with E-state index in [4.69, 9.17) is 14.2 Å². The van der Waals surface area contributed by atoms with Gasteiger partial charge in [-0.1, -0.05) is 60.7 Å². The Hall–Kier alpha value is -4.17. The van der Waals surface area contributed by atoms with Crippen LogP contribution in [-0.4, -0.2) is 43.5 Å². The Kier molecular flexibility index (Phi) is 8.37. The van der Waals surface area contributed by atoms with E-state index in [-0.39, 0.29) is 13.2 Å². The monoisotopic (exact) mass is 462 g/mol. The van der Waals surface area contributed by atoms with Crippen molar-refractivity contribution in [1.82, 2.24) is 5.43 Å². The lowest BCUT2D eigenvalue weighted by atomic mass is 9.85. The van der Waals surface area contributed by atoms with Gasteiger partial charge in [0.15, 0.2) is 23.7 Å². The largest absolute Gasteiger partial charge is 0.493 e. The summed E-state index contributed by atoms with van der Waals surface area (Å²) in [6.07, 6.45) is 1.41. The molecule has 2 N–H and O–H groups in total. The lowest BCUT2D eigenvalue weighted by Crippen LogP contribution is -2.43. The average Bonchev–Trinajstić information content (AvgIpc) is 2.88. The van der Waals surface area contributed by atoms with Gasteiger partial charge in [-0.05, 0) is 41.8 Å². The van der Waals surface area contributed by atoms with Crippen molar-refractivity contribution in [3.05, 3.63) is 95.6 Å². The highest BCUT2D eigenvalue weighted by Gasteiger charge is 2.39. The molecule has 0 saturated carbocycles.